The zero-order chi connectivity index (χ0) is 11.4. The Morgan fingerprint density at radius 1 is 1.43 bits per heavy atom. The predicted octanol–water partition coefficient (Wildman–Crippen LogP) is 1.98. The van der Waals surface area contributed by atoms with Crippen molar-refractivity contribution in [3.63, 3.8) is 0 Å². The summed E-state index contributed by atoms with van der Waals surface area (Å²) in [7, 11) is 0. The first-order valence-electron chi connectivity index (χ1n) is 5.16. The Hall–Kier alpha value is -0.570. The Bertz CT molecular complexity index is 185. The lowest BCUT2D eigenvalue weighted by molar-refractivity contribution is -0.152. The molecule has 3 nitrogen and oxygen atoms in total. The number of carbonyl (C=O) groups is 1. The molecule has 0 rings (SSSR count). The van der Waals surface area contributed by atoms with Crippen molar-refractivity contribution in [2.24, 2.45) is 11.3 Å². The van der Waals surface area contributed by atoms with Gasteiger partial charge in [-0.3, -0.25) is 4.79 Å². The summed E-state index contributed by atoms with van der Waals surface area (Å²) in [6.45, 7) is 9.58. The van der Waals surface area contributed by atoms with E-state index in [4.69, 9.17) is 4.74 Å². The zero-order valence-corrected chi connectivity index (χ0v) is 9.83. The number of hydrogen-bond donors (Lipinski definition) is 1. The number of hydrogen-bond acceptors (Lipinski definition) is 3. The summed E-state index contributed by atoms with van der Waals surface area (Å²) in [5.41, 5.74) is -0.362. The molecule has 3 heteroatoms. The average Bonchev–Trinajstić information content (AvgIpc) is 2.12. The van der Waals surface area contributed by atoms with Crippen molar-refractivity contribution < 1.29 is 14.6 Å². The number of rotatable bonds is 5. The van der Waals surface area contributed by atoms with Crippen LogP contribution in [0.2, 0.25) is 0 Å². The second-order valence-corrected chi connectivity index (χ2v) is 4.68. The predicted molar refractivity (Wildman–Crippen MR) is 55.9 cm³/mol. The van der Waals surface area contributed by atoms with E-state index in [1.807, 2.05) is 20.8 Å². The molecular weight excluding hydrogens is 180 g/mol. The molecule has 0 aliphatic heterocycles. The van der Waals surface area contributed by atoms with Crippen LogP contribution in [0.15, 0.2) is 0 Å². The molecular formula is C11H22O3. The van der Waals surface area contributed by atoms with Crippen molar-refractivity contribution in [2.45, 2.75) is 47.1 Å². The van der Waals surface area contributed by atoms with Crippen LogP contribution in [0.3, 0.4) is 0 Å². The molecule has 0 radical (unpaired) electrons. The van der Waals surface area contributed by atoms with Crippen molar-refractivity contribution >= 4 is 5.97 Å². The van der Waals surface area contributed by atoms with Crippen molar-refractivity contribution in [1.82, 2.24) is 0 Å². The maximum absolute atomic E-state index is 11.2. The van der Waals surface area contributed by atoms with Crippen molar-refractivity contribution in [3.05, 3.63) is 0 Å². The van der Waals surface area contributed by atoms with Crippen LogP contribution in [0, 0.1) is 11.3 Å². The fourth-order valence-corrected chi connectivity index (χ4v) is 1.07. The Morgan fingerprint density at radius 3 is 2.29 bits per heavy atom. The standard InChI is InChI=1S/C11H22O3/c1-6-9(12)11(4,5)7-14-10(13)8(2)3/h8-9,12H,6-7H2,1-5H3. The van der Waals surface area contributed by atoms with E-state index in [1.165, 1.54) is 0 Å². The summed E-state index contributed by atoms with van der Waals surface area (Å²) < 4.78 is 5.09. The monoisotopic (exact) mass is 202 g/mol. The fraction of sp³-hybridized carbons (Fsp3) is 0.909. The summed E-state index contributed by atoms with van der Waals surface area (Å²) in [6.07, 6.45) is 0.245. The van der Waals surface area contributed by atoms with Gasteiger partial charge in [-0.15, -0.1) is 0 Å². The van der Waals surface area contributed by atoms with Crippen LogP contribution in [0.4, 0.5) is 0 Å². The largest absolute Gasteiger partial charge is 0.465 e. The molecule has 84 valence electrons. The van der Waals surface area contributed by atoms with Crippen LogP contribution in [-0.4, -0.2) is 23.8 Å². The molecule has 0 aliphatic carbocycles. The molecule has 0 aromatic heterocycles. The average molecular weight is 202 g/mol. The molecule has 0 aliphatic rings. The number of aliphatic hydroxyl groups is 1. The SMILES string of the molecule is CCC(O)C(C)(C)COC(=O)C(C)C. The quantitative estimate of drug-likeness (QED) is 0.693. The number of esters is 1. The van der Waals surface area contributed by atoms with Gasteiger partial charge in [-0.25, -0.2) is 0 Å². The molecule has 0 amide bonds. The Kier molecular flexibility index (Phi) is 5.13. The number of ether oxygens (including phenoxy) is 1. The molecule has 0 spiro atoms. The smallest absolute Gasteiger partial charge is 0.308 e. The highest BCUT2D eigenvalue weighted by Gasteiger charge is 2.28. The number of carbonyl (C=O) groups excluding carboxylic acids is 1. The Morgan fingerprint density at radius 2 is 1.93 bits per heavy atom. The van der Waals surface area contributed by atoms with Crippen LogP contribution in [0.25, 0.3) is 0 Å². The molecule has 1 unspecified atom stereocenters. The normalized spacial score (nSPS) is 14.2. The summed E-state index contributed by atoms with van der Waals surface area (Å²) in [5.74, 6) is -0.314. The van der Waals surface area contributed by atoms with Gasteiger partial charge in [-0.2, -0.15) is 0 Å². The Labute approximate surface area is 86.5 Å². The molecule has 0 heterocycles. The van der Waals surface area contributed by atoms with Crippen LogP contribution in [0.5, 0.6) is 0 Å². The van der Waals surface area contributed by atoms with Crippen LogP contribution in [-0.2, 0) is 9.53 Å². The first kappa shape index (κ1) is 13.4. The second kappa shape index (κ2) is 5.35. The lowest BCUT2D eigenvalue weighted by Crippen LogP contribution is -2.34. The molecule has 0 aromatic rings. The summed E-state index contributed by atoms with van der Waals surface area (Å²) in [5, 5.41) is 9.65. The van der Waals surface area contributed by atoms with Gasteiger partial charge in [0.2, 0.25) is 0 Å². The fourth-order valence-electron chi connectivity index (χ4n) is 1.07. The van der Waals surface area contributed by atoms with Gasteiger partial charge in [0.25, 0.3) is 0 Å². The van der Waals surface area contributed by atoms with E-state index in [9.17, 15) is 9.90 Å². The van der Waals surface area contributed by atoms with E-state index in [2.05, 4.69) is 0 Å². The van der Waals surface area contributed by atoms with Gasteiger partial charge in [0.1, 0.15) is 0 Å². The maximum atomic E-state index is 11.2. The minimum Gasteiger partial charge on any atom is -0.465 e. The van der Waals surface area contributed by atoms with E-state index >= 15 is 0 Å². The van der Waals surface area contributed by atoms with E-state index in [1.54, 1.807) is 13.8 Å². The summed E-state index contributed by atoms with van der Waals surface area (Å²) >= 11 is 0. The minimum atomic E-state index is -0.428. The van der Waals surface area contributed by atoms with Gasteiger partial charge in [-0.1, -0.05) is 34.6 Å². The topological polar surface area (TPSA) is 46.5 Å². The third-order valence-corrected chi connectivity index (χ3v) is 2.35. The van der Waals surface area contributed by atoms with E-state index < -0.39 is 6.10 Å². The molecule has 0 fully saturated rings. The molecule has 0 aromatic carbocycles. The highest BCUT2D eigenvalue weighted by atomic mass is 16.5. The van der Waals surface area contributed by atoms with Crippen LogP contribution >= 0.6 is 0 Å². The first-order chi connectivity index (χ1) is 6.31. The van der Waals surface area contributed by atoms with Gasteiger partial charge >= 0.3 is 5.97 Å². The first-order valence-corrected chi connectivity index (χ1v) is 5.16. The van der Waals surface area contributed by atoms with E-state index in [0.717, 1.165) is 0 Å². The lowest BCUT2D eigenvalue weighted by Gasteiger charge is -2.29. The lowest BCUT2D eigenvalue weighted by atomic mass is 9.86. The van der Waals surface area contributed by atoms with E-state index in [0.29, 0.717) is 6.42 Å². The zero-order valence-electron chi connectivity index (χ0n) is 9.83. The summed E-state index contributed by atoms with van der Waals surface area (Å²) in [6, 6.07) is 0. The van der Waals surface area contributed by atoms with Crippen LogP contribution in [0.1, 0.15) is 41.0 Å². The van der Waals surface area contributed by atoms with Crippen LogP contribution < -0.4 is 0 Å². The van der Waals surface area contributed by atoms with Crippen molar-refractivity contribution in [3.8, 4) is 0 Å². The summed E-state index contributed by atoms with van der Waals surface area (Å²) in [4.78, 5) is 11.2. The van der Waals surface area contributed by atoms with Gasteiger partial charge in [0, 0.05) is 5.41 Å². The Balaban J connectivity index is 4.05. The molecule has 1 N–H and O–H groups in total. The van der Waals surface area contributed by atoms with Crippen molar-refractivity contribution in [1.29, 1.82) is 0 Å². The van der Waals surface area contributed by atoms with Gasteiger partial charge in [-0.05, 0) is 6.42 Å². The molecule has 0 saturated carbocycles. The molecule has 14 heavy (non-hydrogen) atoms. The van der Waals surface area contributed by atoms with Gasteiger partial charge < -0.3 is 9.84 Å². The van der Waals surface area contributed by atoms with Crippen molar-refractivity contribution in [2.75, 3.05) is 6.61 Å². The maximum Gasteiger partial charge on any atom is 0.308 e. The second-order valence-electron chi connectivity index (χ2n) is 4.68. The third kappa shape index (κ3) is 4.09. The third-order valence-electron chi connectivity index (χ3n) is 2.35. The molecule has 0 saturated heterocycles. The van der Waals surface area contributed by atoms with Gasteiger partial charge in [0.15, 0.2) is 0 Å². The highest BCUT2D eigenvalue weighted by Crippen LogP contribution is 2.23. The molecule has 0 bridgehead atoms. The van der Waals surface area contributed by atoms with Gasteiger partial charge in [0.05, 0.1) is 18.6 Å². The highest BCUT2D eigenvalue weighted by molar-refractivity contribution is 5.71. The minimum absolute atomic E-state index is 0.107. The number of aliphatic hydroxyl groups excluding tert-OH is 1. The molecule has 1 atom stereocenters. The van der Waals surface area contributed by atoms with E-state index in [-0.39, 0.29) is 23.9 Å².